The molecule has 5 nitrogen and oxygen atoms in total. The number of ether oxygens (including phenoxy) is 3. The van der Waals surface area contributed by atoms with E-state index in [1.807, 2.05) is 31.2 Å². The van der Waals surface area contributed by atoms with Gasteiger partial charge in [-0.1, -0.05) is 43.0 Å². The van der Waals surface area contributed by atoms with E-state index in [1.54, 1.807) is 0 Å². The Morgan fingerprint density at radius 1 is 1.20 bits per heavy atom. The minimum Gasteiger partial charge on any atom is -0.466 e. The lowest BCUT2D eigenvalue weighted by molar-refractivity contribution is -0.155. The van der Waals surface area contributed by atoms with E-state index in [1.165, 1.54) is 14.0 Å². The Labute approximate surface area is 149 Å². The number of rotatable bonds is 7. The molecule has 2 rings (SSSR count). The predicted molar refractivity (Wildman–Crippen MR) is 96.9 cm³/mol. The highest BCUT2D eigenvalue weighted by atomic mass is 16.6. The molecule has 0 spiro atoms. The Hall–Kier alpha value is -2.40. The maximum absolute atomic E-state index is 11.6. The molecule has 0 saturated heterocycles. The number of hydrogen-bond acceptors (Lipinski definition) is 5. The molecule has 0 atom stereocenters. The largest absolute Gasteiger partial charge is 0.466 e. The van der Waals surface area contributed by atoms with Gasteiger partial charge in [-0.15, -0.1) is 0 Å². The second kappa shape index (κ2) is 10.5. The van der Waals surface area contributed by atoms with Crippen molar-refractivity contribution in [2.45, 2.75) is 32.3 Å². The maximum Gasteiger partial charge on any atom is 0.329 e. The van der Waals surface area contributed by atoms with Gasteiger partial charge in [0.15, 0.2) is 5.60 Å². The Morgan fingerprint density at radius 2 is 1.76 bits per heavy atom. The third kappa shape index (κ3) is 5.87. The molecule has 0 bridgehead atoms. The summed E-state index contributed by atoms with van der Waals surface area (Å²) >= 11 is 0. The number of methoxy groups -OCH3 is 1. The average Bonchev–Trinajstić information content (AvgIpc) is 3.32. The lowest BCUT2D eigenvalue weighted by atomic mass is 9.84. The van der Waals surface area contributed by atoms with Crippen molar-refractivity contribution in [3.63, 3.8) is 0 Å². The van der Waals surface area contributed by atoms with E-state index in [2.05, 4.69) is 23.5 Å². The van der Waals surface area contributed by atoms with Crippen molar-refractivity contribution in [2.24, 2.45) is 0 Å². The van der Waals surface area contributed by atoms with Crippen LogP contribution in [-0.2, 0) is 23.8 Å². The van der Waals surface area contributed by atoms with Gasteiger partial charge in [0, 0.05) is 19.6 Å². The first-order chi connectivity index (χ1) is 12.0. The van der Waals surface area contributed by atoms with E-state index in [0.29, 0.717) is 13.2 Å². The summed E-state index contributed by atoms with van der Waals surface area (Å²) in [4.78, 5) is 21.4. The van der Waals surface area contributed by atoms with Crippen LogP contribution in [-0.4, -0.2) is 37.9 Å². The zero-order valence-electron chi connectivity index (χ0n) is 15.1. The van der Waals surface area contributed by atoms with Crippen LogP contribution in [0.25, 0.3) is 0 Å². The molecule has 25 heavy (non-hydrogen) atoms. The molecule has 0 amide bonds. The highest BCUT2D eigenvalue weighted by molar-refractivity contribution is 5.80. The summed E-state index contributed by atoms with van der Waals surface area (Å²) in [6, 6.07) is 0. The second-order valence-electron chi connectivity index (χ2n) is 5.43. The highest BCUT2D eigenvalue weighted by Gasteiger charge is 2.41. The van der Waals surface area contributed by atoms with Crippen LogP contribution in [0.3, 0.4) is 0 Å². The first-order valence-corrected chi connectivity index (χ1v) is 8.20. The summed E-state index contributed by atoms with van der Waals surface area (Å²) in [6.07, 6.45) is 14.9. The predicted octanol–water partition coefficient (Wildman–Crippen LogP) is 3.44. The topological polar surface area (TPSA) is 61.8 Å². The summed E-state index contributed by atoms with van der Waals surface area (Å²) in [6.45, 7) is 7.53. The van der Waals surface area contributed by atoms with Crippen LogP contribution in [0, 0.1) is 0 Å². The molecule has 136 valence electrons. The van der Waals surface area contributed by atoms with Crippen LogP contribution in [0.2, 0.25) is 0 Å². The summed E-state index contributed by atoms with van der Waals surface area (Å²) < 4.78 is 15.5. The first kappa shape index (κ1) is 20.6. The molecule has 0 radical (unpaired) electrons. The number of esters is 2. The van der Waals surface area contributed by atoms with E-state index in [0.717, 1.165) is 30.1 Å². The van der Waals surface area contributed by atoms with Gasteiger partial charge in [0.25, 0.3) is 0 Å². The van der Waals surface area contributed by atoms with Gasteiger partial charge in [0.05, 0.1) is 13.7 Å². The third-order valence-corrected chi connectivity index (χ3v) is 3.78. The minimum atomic E-state index is -0.741. The van der Waals surface area contributed by atoms with Crippen LogP contribution < -0.4 is 0 Å². The van der Waals surface area contributed by atoms with Crippen LogP contribution >= 0.6 is 0 Å². The van der Waals surface area contributed by atoms with E-state index < -0.39 is 11.6 Å². The SMILES string of the molecule is C=CC(=O)OC.CCOCC(OC(C)=O)(C1=CC=CC1)C1=CC=CC1. The van der Waals surface area contributed by atoms with Gasteiger partial charge in [-0.25, -0.2) is 4.79 Å². The summed E-state index contributed by atoms with van der Waals surface area (Å²) in [7, 11) is 1.31. The molecule has 2 aliphatic rings. The molecule has 0 fully saturated rings. The first-order valence-electron chi connectivity index (χ1n) is 8.20. The average molecular weight is 346 g/mol. The van der Waals surface area contributed by atoms with E-state index in [9.17, 15) is 9.59 Å². The van der Waals surface area contributed by atoms with Crippen LogP contribution in [0.1, 0.15) is 26.7 Å². The number of hydrogen-bond donors (Lipinski definition) is 0. The van der Waals surface area contributed by atoms with E-state index >= 15 is 0 Å². The molecule has 0 heterocycles. The normalized spacial score (nSPS) is 15.0. The molecule has 0 saturated carbocycles. The van der Waals surface area contributed by atoms with Crippen molar-refractivity contribution in [1.82, 2.24) is 0 Å². The molecule has 0 aromatic carbocycles. The van der Waals surface area contributed by atoms with E-state index in [4.69, 9.17) is 9.47 Å². The lowest BCUT2D eigenvalue weighted by Crippen LogP contribution is -2.43. The zero-order valence-corrected chi connectivity index (χ0v) is 15.1. The molecule has 5 heteroatoms. The molecule has 0 aliphatic heterocycles. The fourth-order valence-corrected chi connectivity index (χ4v) is 2.62. The molecule has 0 aromatic rings. The molecule has 0 N–H and O–H groups in total. The molecular weight excluding hydrogens is 320 g/mol. The zero-order chi connectivity index (χ0) is 18.7. The van der Waals surface area contributed by atoms with Crippen molar-refractivity contribution >= 4 is 11.9 Å². The van der Waals surface area contributed by atoms with Crippen molar-refractivity contribution < 1.29 is 23.8 Å². The molecule has 0 aromatic heterocycles. The van der Waals surface area contributed by atoms with Gasteiger partial charge in [0.1, 0.15) is 0 Å². The van der Waals surface area contributed by atoms with Gasteiger partial charge < -0.3 is 14.2 Å². The lowest BCUT2D eigenvalue weighted by Gasteiger charge is -2.36. The monoisotopic (exact) mass is 346 g/mol. The van der Waals surface area contributed by atoms with Crippen molar-refractivity contribution in [3.05, 3.63) is 60.3 Å². The minimum absolute atomic E-state index is 0.277. The van der Waals surface area contributed by atoms with Crippen LogP contribution in [0.4, 0.5) is 0 Å². The maximum atomic E-state index is 11.6. The van der Waals surface area contributed by atoms with Crippen LogP contribution in [0.15, 0.2) is 60.3 Å². The molecule has 0 unspecified atom stereocenters. The van der Waals surface area contributed by atoms with Crippen molar-refractivity contribution in [2.75, 3.05) is 20.3 Å². The smallest absolute Gasteiger partial charge is 0.329 e. The third-order valence-electron chi connectivity index (χ3n) is 3.78. The fraction of sp³-hybridized carbons (Fsp3) is 0.400. The highest BCUT2D eigenvalue weighted by Crippen LogP contribution is 2.38. The number of allylic oxidation sites excluding steroid dienone is 6. The summed E-state index contributed by atoms with van der Waals surface area (Å²) in [5.41, 5.74) is 1.44. The Morgan fingerprint density at radius 3 is 2.04 bits per heavy atom. The van der Waals surface area contributed by atoms with Crippen molar-refractivity contribution in [1.29, 1.82) is 0 Å². The number of carbonyl (C=O) groups is 2. The standard InChI is InChI=1S/C16H20O3.C4H6O2/c1-3-18-12-16(19-13(2)17,14-8-4-5-9-14)15-10-6-7-11-15;1-3-4(5)6-2/h4-8,10H,3,9,11-12H2,1-2H3;3H,1H2,2H3. The van der Waals surface area contributed by atoms with Crippen LogP contribution in [0.5, 0.6) is 0 Å². The Kier molecular flexibility index (Phi) is 8.64. The van der Waals surface area contributed by atoms with Gasteiger partial charge >= 0.3 is 11.9 Å². The fourth-order valence-electron chi connectivity index (χ4n) is 2.62. The van der Waals surface area contributed by atoms with Gasteiger partial charge in [-0.05, 0) is 30.9 Å². The summed E-state index contributed by atoms with van der Waals surface area (Å²) in [5, 5.41) is 0. The second-order valence-corrected chi connectivity index (χ2v) is 5.43. The summed E-state index contributed by atoms with van der Waals surface area (Å²) in [5.74, 6) is -0.671. The molecular formula is C20H26O5. The Balaban J connectivity index is 0.000000450. The van der Waals surface area contributed by atoms with Gasteiger partial charge in [-0.2, -0.15) is 0 Å². The Bertz CT molecular complexity index is 578. The van der Waals surface area contributed by atoms with Crippen molar-refractivity contribution in [3.8, 4) is 0 Å². The quantitative estimate of drug-likeness (QED) is 0.522. The number of carbonyl (C=O) groups excluding carboxylic acids is 2. The van der Waals surface area contributed by atoms with Gasteiger partial charge in [0.2, 0.25) is 0 Å². The van der Waals surface area contributed by atoms with Gasteiger partial charge in [-0.3, -0.25) is 4.79 Å². The molecule has 2 aliphatic carbocycles. The van der Waals surface area contributed by atoms with E-state index in [-0.39, 0.29) is 5.97 Å².